The highest BCUT2D eigenvalue weighted by Gasteiger charge is 2.43. The van der Waals surface area contributed by atoms with E-state index in [1.165, 1.54) is 31.2 Å². The van der Waals surface area contributed by atoms with Gasteiger partial charge in [-0.2, -0.15) is 5.26 Å². The normalized spacial score (nSPS) is 32.3. The van der Waals surface area contributed by atoms with Gasteiger partial charge in [-0.25, -0.2) is 0 Å². The molecule has 0 unspecified atom stereocenters. The first-order valence-electron chi connectivity index (χ1n) is 8.13. The number of rotatable bonds is 4. The van der Waals surface area contributed by atoms with Gasteiger partial charge in [0.1, 0.15) is 0 Å². The maximum Gasteiger partial charge on any atom is 0.0675 e. The fraction of sp³-hybridized carbons (Fsp3) is 0.526. The molecule has 2 fully saturated rings. The second-order valence-corrected chi connectivity index (χ2v) is 6.47. The Kier molecular flexibility index (Phi) is 4.41. The van der Waals surface area contributed by atoms with Crippen molar-refractivity contribution in [2.75, 3.05) is 0 Å². The molecule has 2 nitrogen and oxygen atoms in total. The van der Waals surface area contributed by atoms with Crippen LogP contribution in [0, 0.1) is 23.2 Å². The highest BCUT2D eigenvalue weighted by Crippen LogP contribution is 2.42. The molecule has 21 heavy (non-hydrogen) atoms. The quantitative estimate of drug-likeness (QED) is 0.775. The van der Waals surface area contributed by atoms with Crippen LogP contribution in [0.2, 0.25) is 0 Å². The number of allylic oxidation sites excluding steroid dienone is 1. The summed E-state index contributed by atoms with van der Waals surface area (Å²) in [5.74, 6) is 0.667. The van der Waals surface area contributed by atoms with Crippen molar-refractivity contribution in [3.8, 4) is 6.07 Å². The zero-order valence-electron chi connectivity index (χ0n) is 12.6. The predicted octanol–water partition coefficient (Wildman–Crippen LogP) is 4.15. The van der Waals surface area contributed by atoms with Crippen LogP contribution >= 0.6 is 0 Å². The largest absolute Gasteiger partial charge is 0.292 e. The van der Waals surface area contributed by atoms with Crippen LogP contribution in [0.25, 0.3) is 0 Å². The van der Waals surface area contributed by atoms with Gasteiger partial charge in [-0.1, -0.05) is 36.4 Å². The molecular weight excluding hydrogens is 256 g/mol. The van der Waals surface area contributed by atoms with Crippen molar-refractivity contribution in [1.29, 1.82) is 5.26 Å². The van der Waals surface area contributed by atoms with E-state index < -0.39 is 0 Å². The summed E-state index contributed by atoms with van der Waals surface area (Å²) >= 11 is 0. The molecule has 0 radical (unpaired) electrons. The smallest absolute Gasteiger partial charge is 0.0675 e. The Morgan fingerprint density at radius 2 is 1.95 bits per heavy atom. The fourth-order valence-electron chi connectivity index (χ4n) is 4.27. The van der Waals surface area contributed by atoms with Gasteiger partial charge in [0.2, 0.25) is 0 Å². The maximum atomic E-state index is 9.71. The summed E-state index contributed by atoms with van der Waals surface area (Å²) in [4.78, 5) is 2.62. The van der Waals surface area contributed by atoms with Crippen LogP contribution in [0.3, 0.4) is 0 Å². The number of nitriles is 1. The summed E-state index contributed by atoms with van der Waals surface area (Å²) in [5, 5.41) is 9.71. The molecule has 2 heterocycles. The SMILES string of the molecule is C=CC[C@@H]1CC[C@H]2CC[C@@H]([C@@H]1C#N)N2Cc1ccccc1. The summed E-state index contributed by atoms with van der Waals surface area (Å²) in [6.07, 6.45) is 7.84. The fourth-order valence-corrected chi connectivity index (χ4v) is 4.27. The number of nitrogens with zero attached hydrogens (tertiary/aromatic N) is 2. The molecular formula is C19H24N2. The molecule has 2 heteroatoms. The number of fused-ring (bicyclic) bond motifs is 2. The lowest BCUT2D eigenvalue weighted by molar-refractivity contribution is 0.158. The van der Waals surface area contributed by atoms with E-state index in [1.807, 2.05) is 6.08 Å². The van der Waals surface area contributed by atoms with Gasteiger partial charge < -0.3 is 0 Å². The molecule has 2 bridgehead atoms. The lowest BCUT2D eigenvalue weighted by Crippen LogP contribution is -2.38. The van der Waals surface area contributed by atoms with E-state index in [9.17, 15) is 5.26 Å². The Morgan fingerprint density at radius 3 is 2.67 bits per heavy atom. The van der Waals surface area contributed by atoms with Crippen molar-refractivity contribution >= 4 is 0 Å². The van der Waals surface area contributed by atoms with Crippen LogP contribution in [0.5, 0.6) is 0 Å². The Balaban J connectivity index is 1.81. The van der Waals surface area contributed by atoms with Crippen molar-refractivity contribution in [1.82, 2.24) is 4.90 Å². The van der Waals surface area contributed by atoms with Crippen LogP contribution in [0.4, 0.5) is 0 Å². The molecule has 2 aliphatic rings. The molecule has 0 amide bonds. The zero-order chi connectivity index (χ0) is 14.7. The zero-order valence-corrected chi connectivity index (χ0v) is 12.6. The molecule has 0 saturated carbocycles. The van der Waals surface area contributed by atoms with Crippen LogP contribution in [0.1, 0.15) is 37.7 Å². The van der Waals surface area contributed by atoms with Crippen LogP contribution in [-0.4, -0.2) is 17.0 Å². The van der Waals surface area contributed by atoms with Crippen molar-refractivity contribution in [3.05, 3.63) is 48.6 Å². The summed E-state index contributed by atoms with van der Waals surface area (Å²) in [6, 6.07) is 14.4. The van der Waals surface area contributed by atoms with E-state index >= 15 is 0 Å². The topological polar surface area (TPSA) is 27.0 Å². The second kappa shape index (κ2) is 6.45. The van der Waals surface area contributed by atoms with Crippen molar-refractivity contribution in [2.24, 2.45) is 11.8 Å². The third-order valence-electron chi connectivity index (χ3n) is 5.31. The third-order valence-corrected chi connectivity index (χ3v) is 5.31. The summed E-state index contributed by atoms with van der Waals surface area (Å²) in [6.45, 7) is 4.88. The minimum absolute atomic E-state index is 0.166. The second-order valence-electron chi connectivity index (χ2n) is 6.47. The molecule has 0 spiro atoms. The van der Waals surface area contributed by atoms with Gasteiger partial charge in [-0.15, -0.1) is 6.58 Å². The molecule has 1 aromatic rings. The maximum absolute atomic E-state index is 9.71. The van der Waals surface area contributed by atoms with Crippen molar-refractivity contribution in [2.45, 2.75) is 50.7 Å². The van der Waals surface area contributed by atoms with E-state index in [0.29, 0.717) is 18.0 Å². The highest BCUT2D eigenvalue weighted by atomic mass is 15.2. The van der Waals surface area contributed by atoms with Crippen molar-refractivity contribution in [3.63, 3.8) is 0 Å². The Bertz CT molecular complexity index is 516. The monoisotopic (exact) mass is 280 g/mol. The average molecular weight is 280 g/mol. The van der Waals surface area contributed by atoms with Crippen LogP contribution in [0.15, 0.2) is 43.0 Å². The average Bonchev–Trinajstić information content (AvgIpc) is 2.82. The molecule has 0 aliphatic carbocycles. The van der Waals surface area contributed by atoms with Gasteiger partial charge in [0.15, 0.2) is 0 Å². The molecule has 4 atom stereocenters. The third kappa shape index (κ3) is 2.89. The minimum atomic E-state index is 0.166. The van der Waals surface area contributed by atoms with Gasteiger partial charge in [-0.3, -0.25) is 4.90 Å². The number of hydrogen-bond donors (Lipinski definition) is 0. The van der Waals surface area contributed by atoms with E-state index in [4.69, 9.17) is 0 Å². The lowest BCUT2D eigenvalue weighted by Gasteiger charge is -2.31. The molecule has 0 N–H and O–H groups in total. The van der Waals surface area contributed by atoms with Gasteiger partial charge in [0, 0.05) is 18.6 Å². The Hall–Kier alpha value is -1.59. The standard InChI is InChI=1S/C19H24N2/c1-2-6-16-9-10-17-11-12-19(18(16)13-20)21(17)14-15-7-4-3-5-8-15/h2-5,7-8,16-19H,1,6,9-12,14H2/t16-,17+,18-,19+/m1/s1. The molecule has 3 rings (SSSR count). The van der Waals surface area contributed by atoms with Gasteiger partial charge in [-0.05, 0) is 43.6 Å². The van der Waals surface area contributed by atoms with Gasteiger partial charge in [0.25, 0.3) is 0 Å². The van der Waals surface area contributed by atoms with Crippen molar-refractivity contribution < 1.29 is 0 Å². The molecule has 2 saturated heterocycles. The van der Waals surface area contributed by atoms with Gasteiger partial charge >= 0.3 is 0 Å². The Morgan fingerprint density at radius 1 is 1.19 bits per heavy atom. The van der Waals surface area contributed by atoms with Gasteiger partial charge in [0.05, 0.1) is 12.0 Å². The molecule has 0 aromatic heterocycles. The summed E-state index contributed by atoms with van der Waals surface area (Å²) in [5.41, 5.74) is 1.37. The van der Waals surface area contributed by atoms with Crippen LogP contribution in [-0.2, 0) is 6.54 Å². The lowest BCUT2D eigenvalue weighted by atomic mass is 9.80. The first kappa shape index (κ1) is 14.4. The first-order chi connectivity index (χ1) is 10.3. The van der Waals surface area contributed by atoms with E-state index in [1.54, 1.807) is 0 Å². The molecule has 1 aromatic carbocycles. The highest BCUT2D eigenvalue weighted by molar-refractivity contribution is 5.16. The number of hydrogen-bond acceptors (Lipinski definition) is 2. The molecule has 110 valence electrons. The van der Waals surface area contributed by atoms with E-state index in [2.05, 4.69) is 47.9 Å². The molecule has 2 aliphatic heterocycles. The number of benzene rings is 1. The Labute approximate surface area is 128 Å². The van der Waals surface area contributed by atoms with E-state index in [-0.39, 0.29) is 5.92 Å². The summed E-state index contributed by atoms with van der Waals surface area (Å²) < 4.78 is 0. The predicted molar refractivity (Wildman–Crippen MR) is 85.4 cm³/mol. The van der Waals surface area contributed by atoms with Crippen LogP contribution < -0.4 is 0 Å². The minimum Gasteiger partial charge on any atom is -0.292 e. The first-order valence-corrected chi connectivity index (χ1v) is 8.13. The van der Waals surface area contributed by atoms with E-state index in [0.717, 1.165) is 13.0 Å². The summed E-state index contributed by atoms with van der Waals surface area (Å²) in [7, 11) is 0.